The van der Waals surface area contributed by atoms with E-state index >= 15 is 0 Å². The zero-order chi connectivity index (χ0) is 26.0. The molecule has 2 aromatic rings. The van der Waals surface area contributed by atoms with Crippen LogP contribution >= 0.6 is 0 Å². The van der Waals surface area contributed by atoms with Crippen molar-refractivity contribution in [3.05, 3.63) is 76.9 Å². The van der Waals surface area contributed by atoms with Crippen LogP contribution in [0.2, 0.25) is 0 Å². The second kappa shape index (κ2) is 7.30. The Morgan fingerprint density at radius 2 is 1.97 bits per heavy atom. The normalized spacial score (nSPS) is 39.4. The maximum absolute atomic E-state index is 13.6. The second-order valence-electron chi connectivity index (χ2n) is 12.3. The van der Waals surface area contributed by atoms with Crippen LogP contribution in [0.4, 0.5) is 0 Å². The van der Waals surface area contributed by atoms with Gasteiger partial charge >= 0.3 is 0 Å². The molecule has 6 nitrogen and oxygen atoms in total. The molecule has 9 rings (SSSR count). The average Bonchev–Trinajstić information content (AvgIpc) is 3.54. The standard InChI is InChI=1S/C32H34N2O4/c1-19-6-4-5-7-20(19)9-11-26(36)34-17-22-23(18-34)32(37-3)13-12-30(22)25-16-21-8-10-24(35)28-27(21)31(30,29(32)38-28)14-15-33(25)2/h4-13,22-23,25,29,35H,14-18H2,1-3H3/b11-9+/t22-,23+,25-,29-,30-,31+,32+/m1/s1. The molecule has 4 aliphatic carbocycles. The van der Waals surface area contributed by atoms with Crippen molar-refractivity contribution in [2.24, 2.45) is 17.3 Å². The number of methoxy groups -OCH3 is 1. The number of phenols is 1. The molecule has 1 saturated carbocycles. The fourth-order valence-electron chi connectivity index (χ4n) is 9.76. The summed E-state index contributed by atoms with van der Waals surface area (Å²) in [5.74, 6) is 1.32. The first kappa shape index (κ1) is 22.9. The zero-order valence-corrected chi connectivity index (χ0v) is 22.2. The van der Waals surface area contributed by atoms with Crippen molar-refractivity contribution >= 4 is 12.0 Å². The molecule has 3 aliphatic heterocycles. The van der Waals surface area contributed by atoms with Gasteiger partial charge in [-0.15, -0.1) is 0 Å². The Morgan fingerprint density at radius 3 is 2.79 bits per heavy atom. The van der Waals surface area contributed by atoms with Gasteiger partial charge in [-0.25, -0.2) is 0 Å². The lowest BCUT2D eigenvalue weighted by Gasteiger charge is -2.72. The van der Waals surface area contributed by atoms with Gasteiger partial charge < -0.3 is 24.4 Å². The molecule has 1 amide bonds. The molecule has 1 N–H and O–H groups in total. The first-order valence-electron chi connectivity index (χ1n) is 13.9. The van der Waals surface area contributed by atoms with Gasteiger partial charge in [0, 0.05) is 49.2 Å². The second-order valence-corrected chi connectivity index (χ2v) is 12.3. The van der Waals surface area contributed by atoms with Gasteiger partial charge in [0.15, 0.2) is 11.5 Å². The van der Waals surface area contributed by atoms with Gasteiger partial charge in [0.2, 0.25) is 5.91 Å². The summed E-state index contributed by atoms with van der Waals surface area (Å²) >= 11 is 0. The summed E-state index contributed by atoms with van der Waals surface area (Å²) in [6.45, 7) is 4.40. The third-order valence-corrected chi connectivity index (χ3v) is 11.3. The Hall–Kier alpha value is -3.09. The Labute approximate surface area is 223 Å². The minimum absolute atomic E-state index is 0.0568. The van der Waals surface area contributed by atoms with Gasteiger partial charge in [0.1, 0.15) is 11.7 Å². The van der Waals surface area contributed by atoms with Gasteiger partial charge in [0.25, 0.3) is 0 Å². The minimum atomic E-state index is -0.651. The largest absolute Gasteiger partial charge is 0.504 e. The highest BCUT2D eigenvalue weighted by Crippen LogP contribution is 2.76. The third-order valence-electron chi connectivity index (χ3n) is 11.3. The number of hydrogen-bond acceptors (Lipinski definition) is 5. The Morgan fingerprint density at radius 1 is 1.16 bits per heavy atom. The summed E-state index contributed by atoms with van der Waals surface area (Å²) in [5.41, 5.74) is 3.62. The predicted molar refractivity (Wildman–Crippen MR) is 144 cm³/mol. The monoisotopic (exact) mass is 510 g/mol. The van der Waals surface area contributed by atoms with Crippen LogP contribution in [-0.2, 0) is 21.4 Å². The molecule has 0 aromatic heterocycles. The highest BCUT2D eigenvalue weighted by atomic mass is 16.6. The molecule has 7 aliphatic rings. The summed E-state index contributed by atoms with van der Waals surface area (Å²) in [6, 6.07) is 12.4. The van der Waals surface area contributed by atoms with Crippen LogP contribution < -0.4 is 4.74 Å². The number of aromatic hydroxyl groups is 1. The predicted octanol–water partition coefficient (Wildman–Crippen LogP) is 3.70. The van der Waals surface area contributed by atoms with Gasteiger partial charge in [-0.1, -0.05) is 42.5 Å². The lowest BCUT2D eigenvalue weighted by Crippen LogP contribution is -2.81. The summed E-state index contributed by atoms with van der Waals surface area (Å²) < 4.78 is 13.3. The van der Waals surface area contributed by atoms with Crippen LogP contribution in [0.25, 0.3) is 6.08 Å². The number of amides is 1. The van der Waals surface area contributed by atoms with Crippen molar-refractivity contribution in [2.45, 2.75) is 42.9 Å². The number of likely N-dealkylation sites (tertiary alicyclic amines) is 2. The van der Waals surface area contributed by atoms with Crippen molar-refractivity contribution in [3.8, 4) is 11.5 Å². The van der Waals surface area contributed by atoms with Gasteiger partial charge in [-0.3, -0.25) is 4.79 Å². The molecule has 3 heterocycles. The molecule has 2 spiro atoms. The van der Waals surface area contributed by atoms with E-state index < -0.39 is 5.60 Å². The molecule has 196 valence electrons. The molecule has 4 bridgehead atoms. The SMILES string of the molecule is CO[C@@]12C=C[C@@]3([C@@H]4CN(C(=O)/C=C/c5ccccc5C)C[C@@H]41)[C@H]1Cc4ccc(O)c5c4[C@@]3(CCN1C)[C@H]2O5. The molecular weight excluding hydrogens is 476 g/mol. The van der Waals surface area contributed by atoms with E-state index in [9.17, 15) is 9.90 Å². The van der Waals surface area contributed by atoms with E-state index in [4.69, 9.17) is 9.47 Å². The maximum Gasteiger partial charge on any atom is 0.246 e. The van der Waals surface area contributed by atoms with Gasteiger partial charge in [-0.2, -0.15) is 0 Å². The molecule has 2 aromatic carbocycles. The fraction of sp³-hybridized carbons (Fsp3) is 0.469. The summed E-state index contributed by atoms with van der Waals surface area (Å²) in [6.07, 6.45) is 10.1. The van der Waals surface area contributed by atoms with Crippen LogP contribution in [0, 0.1) is 24.2 Å². The van der Waals surface area contributed by atoms with Crippen LogP contribution in [0.1, 0.15) is 28.7 Å². The van der Waals surface area contributed by atoms with E-state index in [0.717, 1.165) is 30.5 Å². The van der Waals surface area contributed by atoms with Crippen molar-refractivity contribution in [1.29, 1.82) is 0 Å². The number of nitrogens with zero attached hydrogens (tertiary/aromatic N) is 2. The Bertz CT molecular complexity index is 1450. The molecule has 3 fully saturated rings. The Balaban J connectivity index is 1.26. The van der Waals surface area contributed by atoms with E-state index in [0.29, 0.717) is 24.9 Å². The molecule has 2 saturated heterocycles. The van der Waals surface area contributed by atoms with Crippen molar-refractivity contribution < 1.29 is 19.4 Å². The number of benzene rings is 2. The number of likely N-dealkylation sites (N-methyl/N-ethyl adjacent to an activating group) is 1. The maximum atomic E-state index is 13.6. The molecule has 0 radical (unpaired) electrons. The zero-order valence-electron chi connectivity index (χ0n) is 22.2. The van der Waals surface area contributed by atoms with Crippen molar-refractivity contribution in [3.63, 3.8) is 0 Å². The van der Waals surface area contributed by atoms with Crippen LogP contribution in [0.15, 0.2) is 54.6 Å². The number of ether oxygens (including phenoxy) is 2. The molecule has 0 unspecified atom stereocenters. The highest BCUT2D eigenvalue weighted by Gasteiger charge is 2.82. The summed E-state index contributed by atoms with van der Waals surface area (Å²) in [5, 5.41) is 10.9. The van der Waals surface area contributed by atoms with Crippen LogP contribution in [-0.4, -0.2) is 72.4 Å². The first-order chi connectivity index (χ1) is 18.4. The third kappa shape index (κ3) is 2.37. The number of carbonyl (C=O) groups excluding carboxylic acids is 1. The lowest BCUT2D eigenvalue weighted by atomic mass is 9.34. The van der Waals surface area contributed by atoms with E-state index in [1.54, 1.807) is 19.3 Å². The Kier molecular flexibility index (Phi) is 4.39. The number of piperidine rings is 1. The fourth-order valence-corrected chi connectivity index (χ4v) is 9.76. The first-order valence-corrected chi connectivity index (χ1v) is 13.9. The van der Waals surface area contributed by atoms with E-state index in [1.807, 2.05) is 29.2 Å². The van der Waals surface area contributed by atoms with Gasteiger partial charge in [-0.05, 0) is 68.1 Å². The van der Waals surface area contributed by atoms with Crippen molar-refractivity contribution in [2.75, 3.05) is 33.8 Å². The summed E-state index contributed by atoms with van der Waals surface area (Å²) in [7, 11) is 4.04. The smallest absolute Gasteiger partial charge is 0.246 e. The van der Waals surface area contributed by atoms with Crippen LogP contribution in [0.5, 0.6) is 11.5 Å². The average molecular weight is 511 g/mol. The van der Waals surface area contributed by atoms with E-state index in [1.165, 1.54) is 11.1 Å². The number of rotatable bonds is 3. The molecular formula is C32H34N2O4. The molecule has 7 atom stereocenters. The molecule has 6 heteroatoms. The topological polar surface area (TPSA) is 62.2 Å². The quantitative estimate of drug-likeness (QED) is 0.504. The lowest BCUT2D eigenvalue weighted by molar-refractivity contribution is -0.230. The summed E-state index contributed by atoms with van der Waals surface area (Å²) in [4.78, 5) is 18.2. The van der Waals surface area contributed by atoms with Crippen molar-refractivity contribution in [1.82, 2.24) is 9.80 Å². The van der Waals surface area contributed by atoms with E-state index in [-0.39, 0.29) is 40.4 Å². The minimum Gasteiger partial charge on any atom is -0.504 e. The van der Waals surface area contributed by atoms with Gasteiger partial charge in [0.05, 0.1) is 5.41 Å². The number of phenolic OH excluding ortho intramolecular Hbond substituents is 1. The highest BCUT2D eigenvalue weighted by molar-refractivity contribution is 5.92. The number of hydrogen-bond donors (Lipinski definition) is 1. The van der Waals surface area contributed by atoms with Crippen LogP contribution in [0.3, 0.4) is 0 Å². The molecule has 38 heavy (non-hydrogen) atoms. The van der Waals surface area contributed by atoms with E-state index in [2.05, 4.69) is 43.2 Å². The number of aryl methyl sites for hydroxylation is 1. The number of carbonyl (C=O) groups is 1.